The lowest BCUT2D eigenvalue weighted by Crippen LogP contribution is -1.90. The van der Waals surface area contributed by atoms with Gasteiger partial charge in [-0.2, -0.15) is 5.26 Å². The molecule has 0 radical (unpaired) electrons. The number of nitrogens with one attached hydrogen (secondary N) is 1. The lowest BCUT2D eigenvalue weighted by molar-refractivity contribution is -0.385. The zero-order valence-electron chi connectivity index (χ0n) is 15.1. The molecule has 0 atom stereocenters. The standard InChI is InChI=1S/C19H11N7O4/c20-9-14-11-22-24-18(14)23-17(13-4-2-6-16(8-13)26(29)30)19(24)21-10-12-3-1-5-15(7-12)25(27)28/h1-8,10-11,22H/b21-10+. The highest BCUT2D eigenvalue weighted by Gasteiger charge is 2.19. The first kappa shape index (κ1) is 18.5. The second kappa shape index (κ2) is 7.28. The maximum atomic E-state index is 11.1. The molecule has 2 aromatic heterocycles. The lowest BCUT2D eigenvalue weighted by Gasteiger charge is -2.00. The number of non-ortho nitro benzene ring substituents is 2. The van der Waals surface area contributed by atoms with Gasteiger partial charge in [0, 0.05) is 42.2 Å². The quantitative estimate of drug-likeness (QED) is 0.305. The van der Waals surface area contributed by atoms with Crippen LogP contribution in [0.5, 0.6) is 0 Å². The van der Waals surface area contributed by atoms with E-state index in [1.807, 2.05) is 6.07 Å². The molecule has 2 aromatic carbocycles. The van der Waals surface area contributed by atoms with Gasteiger partial charge in [0.2, 0.25) is 0 Å². The third-order valence-electron chi connectivity index (χ3n) is 4.30. The summed E-state index contributed by atoms with van der Waals surface area (Å²) in [5.74, 6) is 0.290. The molecule has 4 rings (SSSR count). The molecule has 0 aliphatic rings. The molecular weight excluding hydrogens is 390 g/mol. The SMILES string of the molecule is N#Cc1c[nH]n2c(/N=C/c3cccc([N+](=O)[O-])c3)c(-c3cccc([N+](=O)[O-])c3)nc12. The third-order valence-corrected chi connectivity index (χ3v) is 4.30. The van der Waals surface area contributed by atoms with Gasteiger partial charge in [-0.05, 0) is 5.56 Å². The van der Waals surface area contributed by atoms with Crippen LogP contribution in [0.25, 0.3) is 16.9 Å². The summed E-state index contributed by atoms with van der Waals surface area (Å²) in [5.41, 5.74) is 1.64. The van der Waals surface area contributed by atoms with E-state index >= 15 is 0 Å². The van der Waals surface area contributed by atoms with Gasteiger partial charge in [0.1, 0.15) is 17.3 Å². The summed E-state index contributed by atoms with van der Waals surface area (Å²) in [6.07, 6.45) is 2.89. The number of aromatic nitrogens is 3. The van der Waals surface area contributed by atoms with Crippen LogP contribution < -0.4 is 0 Å². The van der Waals surface area contributed by atoms with Crippen molar-refractivity contribution < 1.29 is 9.85 Å². The fraction of sp³-hybridized carbons (Fsp3) is 0. The molecule has 0 aliphatic heterocycles. The maximum Gasteiger partial charge on any atom is 0.270 e. The van der Waals surface area contributed by atoms with E-state index in [1.165, 1.54) is 53.3 Å². The number of hydrogen-bond donors (Lipinski definition) is 1. The van der Waals surface area contributed by atoms with E-state index in [9.17, 15) is 25.5 Å². The molecule has 146 valence electrons. The van der Waals surface area contributed by atoms with Crippen molar-refractivity contribution in [3.63, 3.8) is 0 Å². The first-order chi connectivity index (χ1) is 14.5. The monoisotopic (exact) mass is 401 g/mol. The number of nitro groups is 2. The van der Waals surface area contributed by atoms with Gasteiger partial charge in [-0.3, -0.25) is 25.3 Å². The topological polar surface area (TPSA) is 156 Å². The second-order valence-corrected chi connectivity index (χ2v) is 6.16. The van der Waals surface area contributed by atoms with Crippen LogP contribution in [-0.4, -0.2) is 30.7 Å². The van der Waals surface area contributed by atoms with E-state index in [0.29, 0.717) is 28.3 Å². The van der Waals surface area contributed by atoms with Crippen LogP contribution in [-0.2, 0) is 0 Å². The Labute approximate surface area is 167 Å². The summed E-state index contributed by atoms with van der Waals surface area (Å²) in [7, 11) is 0. The average Bonchev–Trinajstić information content (AvgIpc) is 3.31. The lowest BCUT2D eigenvalue weighted by atomic mass is 10.1. The molecule has 0 saturated heterocycles. The number of nitriles is 1. The Kier molecular flexibility index (Phi) is 4.49. The molecule has 0 bridgehead atoms. The van der Waals surface area contributed by atoms with Crippen molar-refractivity contribution in [3.05, 3.63) is 86.1 Å². The number of nitrogens with zero attached hydrogens (tertiary/aromatic N) is 6. The van der Waals surface area contributed by atoms with E-state index < -0.39 is 9.85 Å². The van der Waals surface area contributed by atoms with Gasteiger partial charge in [-0.1, -0.05) is 24.3 Å². The number of benzene rings is 2. The molecule has 2 heterocycles. The molecule has 0 saturated carbocycles. The number of aliphatic imine (C=N–C) groups is 1. The van der Waals surface area contributed by atoms with Gasteiger partial charge in [0.15, 0.2) is 11.5 Å². The molecule has 0 aliphatic carbocycles. The number of imidazole rings is 1. The van der Waals surface area contributed by atoms with Gasteiger partial charge in [0.25, 0.3) is 11.4 Å². The predicted molar refractivity (Wildman–Crippen MR) is 107 cm³/mol. The van der Waals surface area contributed by atoms with Crippen molar-refractivity contribution in [1.82, 2.24) is 14.6 Å². The highest BCUT2D eigenvalue weighted by molar-refractivity contribution is 5.86. The largest absolute Gasteiger partial charge is 0.297 e. The van der Waals surface area contributed by atoms with Gasteiger partial charge in [0.05, 0.1) is 9.85 Å². The van der Waals surface area contributed by atoms with Crippen LogP contribution in [0.3, 0.4) is 0 Å². The molecule has 11 nitrogen and oxygen atoms in total. The van der Waals surface area contributed by atoms with Crippen molar-refractivity contribution in [2.45, 2.75) is 0 Å². The van der Waals surface area contributed by atoms with Gasteiger partial charge >= 0.3 is 0 Å². The Balaban J connectivity index is 1.87. The second-order valence-electron chi connectivity index (χ2n) is 6.16. The Morgan fingerprint density at radius 2 is 1.80 bits per heavy atom. The summed E-state index contributed by atoms with van der Waals surface area (Å²) >= 11 is 0. The number of hydrogen-bond acceptors (Lipinski definition) is 7. The normalized spacial score (nSPS) is 11.0. The first-order valence-corrected chi connectivity index (χ1v) is 8.51. The van der Waals surface area contributed by atoms with Crippen LogP contribution in [0.2, 0.25) is 0 Å². The number of fused-ring (bicyclic) bond motifs is 1. The fourth-order valence-corrected chi connectivity index (χ4v) is 2.92. The van der Waals surface area contributed by atoms with Crippen LogP contribution in [0.15, 0.2) is 59.7 Å². The summed E-state index contributed by atoms with van der Waals surface area (Å²) in [6, 6.07) is 13.8. The van der Waals surface area contributed by atoms with Gasteiger partial charge in [-0.25, -0.2) is 14.5 Å². The van der Waals surface area contributed by atoms with Crippen molar-refractivity contribution in [3.8, 4) is 17.3 Å². The number of aromatic amines is 1. The number of H-pyrrole nitrogens is 1. The molecule has 0 fully saturated rings. The predicted octanol–water partition coefficient (Wildman–Crippen LogP) is 3.77. The zero-order chi connectivity index (χ0) is 21.3. The molecule has 0 amide bonds. The van der Waals surface area contributed by atoms with Crippen LogP contribution >= 0.6 is 0 Å². The summed E-state index contributed by atoms with van der Waals surface area (Å²) < 4.78 is 1.47. The molecule has 0 unspecified atom stereocenters. The minimum atomic E-state index is -0.516. The Hall–Kier alpha value is -4.85. The minimum absolute atomic E-state index is 0.0806. The van der Waals surface area contributed by atoms with Gasteiger partial charge in [-0.15, -0.1) is 0 Å². The molecule has 1 N–H and O–H groups in total. The highest BCUT2D eigenvalue weighted by atomic mass is 16.6. The van der Waals surface area contributed by atoms with E-state index in [-0.39, 0.29) is 16.9 Å². The molecular formula is C19H11N7O4. The van der Waals surface area contributed by atoms with E-state index in [4.69, 9.17) is 0 Å². The summed E-state index contributed by atoms with van der Waals surface area (Å²) in [5, 5.41) is 34.3. The van der Waals surface area contributed by atoms with Crippen molar-refractivity contribution in [1.29, 1.82) is 5.26 Å². The highest BCUT2D eigenvalue weighted by Crippen LogP contribution is 2.33. The van der Waals surface area contributed by atoms with Crippen molar-refractivity contribution >= 4 is 29.1 Å². The summed E-state index contributed by atoms with van der Waals surface area (Å²) in [4.78, 5) is 29.9. The number of nitro benzene ring substituents is 2. The smallest absolute Gasteiger partial charge is 0.270 e. The number of rotatable bonds is 5. The average molecular weight is 401 g/mol. The molecule has 4 aromatic rings. The van der Waals surface area contributed by atoms with Crippen molar-refractivity contribution in [2.24, 2.45) is 4.99 Å². The Morgan fingerprint density at radius 3 is 2.50 bits per heavy atom. The summed E-state index contributed by atoms with van der Waals surface area (Å²) in [6.45, 7) is 0. The molecule has 11 heteroatoms. The molecule has 0 spiro atoms. The van der Waals surface area contributed by atoms with E-state index in [0.717, 1.165) is 0 Å². The van der Waals surface area contributed by atoms with E-state index in [2.05, 4.69) is 15.1 Å². The minimum Gasteiger partial charge on any atom is -0.297 e. The zero-order valence-corrected chi connectivity index (χ0v) is 15.1. The van der Waals surface area contributed by atoms with Crippen LogP contribution in [0.1, 0.15) is 11.1 Å². The molecule has 30 heavy (non-hydrogen) atoms. The van der Waals surface area contributed by atoms with E-state index in [1.54, 1.807) is 12.1 Å². The van der Waals surface area contributed by atoms with Crippen LogP contribution in [0, 0.1) is 31.6 Å². The Morgan fingerprint density at radius 1 is 1.10 bits per heavy atom. The van der Waals surface area contributed by atoms with Crippen LogP contribution in [0.4, 0.5) is 17.2 Å². The fourth-order valence-electron chi connectivity index (χ4n) is 2.92. The van der Waals surface area contributed by atoms with Gasteiger partial charge < -0.3 is 0 Å². The van der Waals surface area contributed by atoms with Crippen molar-refractivity contribution in [2.75, 3.05) is 0 Å². The third kappa shape index (κ3) is 3.25. The first-order valence-electron chi connectivity index (χ1n) is 8.51. The Bertz CT molecular complexity index is 1380. The maximum absolute atomic E-state index is 11.1.